The fourth-order valence-corrected chi connectivity index (χ4v) is 5.71. The summed E-state index contributed by atoms with van der Waals surface area (Å²) in [6.07, 6.45) is 18.1. The van der Waals surface area contributed by atoms with Gasteiger partial charge in [-0.2, -0.15) is 0 Å². The summed E-state index contributed by atoms with van der Waals surface area (Å²) in [5.74, 6) is 3.39. The van der Waals surface area contributed by atoms with Crippen LogP contribution in [0.25, 0.3) is 0 Å². The maximum absolute atomic E-state index is 12.7. The summed E-state index contributed by atoms with van der Waals surface area (Å²) in [6, 6.07) is 8.10. The van der Waals surface area contributed by atoms with Crippen LogP contribution in [0.5, 0.6) is 5.75 Å². The smallest absolute Gasteiger partial charge is 0.314 e. The predicted molar refractivity (Wildman–Crippen MR) is 121 cm³/mol. The number of rotatable bonds is 10. The number of carbonyl (C=O) groups is 1. The molecule has 0 heterocycles. The maximum atomic E-state index is 12.7. The van der Waals surface area contributed by atoms with Crippen molar-refractivity contribution in [2.75, 3.05) is 0 Å². The number of carbonyl (C=O) groups excluding carboxylic acids is 1. The van der Waals surface area contributed by atoms with E-state index in [0.717, 1.165) is 43.4 Å². The van der Waals surface area contributed by atoms with E-state index in [2.05, 4.69) is 26.0 Å². The summed E-state index contributed by atoms with van der Waals surface area (Å²) in [4.78, 5) is 12.7. The SMILES string of the molecule is CCCCCCCC1CCC2C[C@H](C(=O)Oc3ccc(CCC)cc3)CC[C@@H]2C1. The molecular weight excluding hydrogens is 356 g/mol. The van der Waals surface area contributed by atoms with E-state index in [1.165, 1.54) is 69.8 Å². The van der Waals surface area contributed by atoms with E-state index in [4.69, 9.17) is 4.74 Å². The maximum Gasteiger partial charge on any atom is 0.314 e. The second-order valence-electron chi connectivity index (χ2n) is 9.73. The topological polar surface area (TPSA) is 26.3 Å². The van der Waals surface area contributed by atoms with Gasteiger partial charge in [0.05, 0.1) is 5.92 Å². The van der Waals surface area contributed by atoms with Gasteiger partial charge >= 0.3 is 5.97 Å². The lowest BCUT2D eigenvalue weighted by Gasteiger charge is -2.41. The number of hydrogen-bond acceptors (Lipinski definition) is 2. The molecule has 0 bridgehead atoms. The molecule has 2 unspecified atom stereocenters. The first-order valence-electron chi connectivity index (χ1n) is 12.5. The highest BCUT2D eigenvalue weighted by atomic mass is 16.5. The molecule has 2 aliphatic carbocycles. The van der Waals surface area contributed by atoms with Crippen LogP contribution in [0.1, 0.15) is 103 Å². The van der Waals surface area contributed by atoms with Gasteiger partial charge in [0.1, 0.15) is 5.75 Å². The van der Waals surface area contributed by atoms with Crippen molar-refractivity contribution in [1.82, 2.24) is 0 Å². The lowest BCUT2D eigenvalue weighted by molar-refractivity contribution is -0.141. The van der Waals surface area contributed by atoms with Crippen molar-refractivity contribution in [3.8, 4) is 5.75 Å². The van der Waals surface area contributed by atoms with Gasteiger partial charge < -0.3 is 4.74 Å². The Hall–Kier alpha value is -1.31. The quantitative estimate of drug-likeness (QED) is 0.229. The summed E-state index contributed by atoms with van der Waals surface area (Å²) in [7, 11) is 0. The summed E-state index contributed by atoms with van der Waals surface area (Å²) >= 11 is 0. The van der Waals surface area contributed by atoms with Gasteiger partial charge in [0.25, 0.3) is 0 Å². The minimum atomic E-state index is 0.00439. The Balaban J connectivity index is 1.40. The summed E-state index contributed by atoms with van der Waals surface area (Å²) in [5.41, 5.74) is 1.31. The second kappa shape index (κ2) is 11.8. The molecule has 0 spiro atoms. The summed E-state index contributed by atoms with van der Waals surface area (Å²) in [6.45, 7) is 4.47. The van der Waals surface area contributed by atoms with E-state index >= 15 is 0 Å². The zero-order chi connectivity index (χ0) is 20.5. The number of fused-ring (bicyclic) bond motifs is 1. The average molecular weight is 399 g/mol. The van der Waals surface area contributed by atoms with Crippen LogP contribution in [0.2, 0.25) is 0 Å². The number of benzene rings is 1. The van der Waals surface area contributed by atoms with Crippen LogP contribution in [0.4, 0.5) is 0 Å². The number of esters is 1. The molecule has 2 saturated carbocycles. The van der Waals surface area contributed by atoms with E-state index in [0.29, 0.717) is 5.75 Å². The van der Waals surface area contributed by atoms with Crippen LogP contribution in [0, 0.1) is 23.7 Å². The molecule has 2 aliphatic rings. The van der Waals surface area contributed by atoms with Crippen LogP contribution in [0.15, 0.2) is 24.3 Å². The summed E-state index contributed by atoms with van der Waals surface area (Å²) in [5, 5.41) is 0. The average Bonchev–Trinajstić information content (AvgIpc) is 2.74. The van der Waals surface area contributed by atoms with E-state index in [-0.39, 0.29) is 11.9 Å². The van der Waals surface area contributed by atoms with Gasteiger partial charge in [0.15, 0.2) is 0 Å². The van der Waals surface area contributed by atoms with Crippen LogP contribution in [-0.2, 0) is 11.2 Å². The molecule has 1 aromatic rings. The van der Waals surface area contributed by atoms with Gasteiger partial charge in [-0.3, -0.25) is 4.79 Å². The molecule has 0 N–H and O–H groups in total. The van der Waals surface area contributed by atoms with Gasteiger partial charge in [-0.1, -0.05) is 77.3 Å². The number of hydrogen-bond donors (Lipinski definition) is 0. The molecule has 0 saturated heterocycles. The Morgan fingerprint density at radius 3 is 2.34 bits per heavy atom. The van der Waals surface area contributed by atoms with Gasteiger partial charge in [-0.15, -0.1) is 0 Å². The zero-order valence-electron chi connectivity index (χ0n) is 18.8. The lowest BCUT2D eigenvalue weighted by atomic mass is 9.64. The molecule has 2 nitrogen and oxygen atoms in total. The Morgan fingerprint density at radius 2 is 1.59 bits per heavy atom. The largest absolute Gasteiger partial charge is 0.426 e. The van der Waals surface area contributed by atoms with Crippen molar-refractivity contribution in [1.29, 1.82) is 0 Å². The van der Waals surface area contributed by atoms with Crippen LogP contribution in [0.3, 0.4) is 0 Å². The van der Waals surface area contributed by atoms with Crippen LogP contribution < -0.4 is 4.74 Å². The summed E-state index contributed by atoms with van der Waals surface area (Å²) < 4.78 is 5.73. The number of unbranched alkanes of at least 4 members (excludes halogenated alkanes) is 4. The Kier molecular flexibility index (Phi) is 9.08. The molecule has 3 rings (SSSR count). The van der Waals surface area contributed by atoms with Crippen LogP contribution >= 0.6 is 0 Å². The Labute approximate surface area is 178 Å². The van der Waals surface area contributed by atoms with Gasteiger partial charge in [0.2, 0.25) is 0 Å². The van der Waals surface area contributed by atoms with Crippen molar-refractivity contribution >= 4 is 5.97 Å². The third kappa shape index (κ3) is 6.86. The van der Waals surface area contributed by atoms with Crippen molar-refractivity contribution in [2.24, 2.45) is 23.7 Å². The van der Waals surface area contributed by atoms with Crippen molar-refractivity contribution < 1.29 is 9.53 Å². The Morgan fingerprint density at radius 1 is 0.862 bits per heavy atom. The second-order valence-corrected chi connectivity index (χ2v) is 9.73. The van der Waals surface area contributed by atoms with Crippen molar-refractivity contribution in [2.45, 2.75) is 104 Å². The normalized spacial score (nSPS) is 26.7. The molecule has 29 heavy (non-hydrogen) atoms. The molecule has 0 aromatic heterocycles. The molecule has 0 amide bonds. The first-order chi connectivity index (χ1) is 14.2. The minimum absolute atomic E-state index is 0.00439. The fraction of sp³-hybridized carbons (Fsp3) is 0.741. The monoisotopic (exact) mass is 398 g/mol. The zero-order valence-corrected chi connectivity index (χ0v) is 18.8. The van der Waals surface area contributed by atoms with Crippen molar-refractivity contribution in [3.05, 3.63) is 29.8 Å². The molecule has 1 aromatic carbocycles. The molecule has 0 radical (unpaired) electrons. The van der Waals surface area contributed by atoms with Gasteiger partial charge in [-0.05, 0) is 74.0 Å². The van der Waals surface area contributed by atoms with Crippen LogP contribution in [-0.4, -0.2) is 5.97 Å². The predicted octanol–water partition coefficient (Wildman–Crippen LogP) is 7.74. The highest BCUT2D eigenvalue weighted by Gasteiger charge is 2.38. The third-order valence-corrected chi connectivity index (χ3v) is 7.45. The number of aryl methyl sites for hydroxylation is 1. The van der Waals surface area contributed by atoms with E-state index in [9.17, 15) is 4.79 Å². The molecule has 0 aliphatic heterocycles. The first kappa shape index (κ1) is 22.4. The first-order valence-corrected chi connectivity index (χ1v) is 12.5. The standard InChI is InChI=1S/C27H42O2/c1-3-5-6-7-8-10-22-11-14-24-20-25(16-15-23(24)19-22)27(28)29-26-17-12-21(9-4-2)13-18-26/h12-13,17-18,22-25H,3-11,14-16,19-20H2,1-2H3/t22?,23-,24?,25-/m1/s1. The number of ether oxygens (including phenoxy) is 1. The molecule has 162 valence electrons. The van der Waals surface area contributed by atoms with E-state index in [1.54, 1.807) is 0 Å². The molecule has 4 atom stereocenters. The minimum Gasteiger partial charge on any atom is -0.426 e. The fourth-order valence-electron chi connectivity index (χ4n) is 5.71. The third-order valence-electron chi connectivity index (χ3n) is 7.45. The molecular formula is C27H42O2. The molecule has 2 fully saturated rings. The van der Waals surface area contributed by atoms with Crippen molar-refractivity contribution in [3.63, 3.8) is 0 Å². The van der Waals surface area contributed by atoms with E-state index < -0.39 is 0 Å². The highest BCUT2D eigenvalue weighted by Crippen LogP contribution is 2.46. The highest BCUT2D eigenvalue weighted by molar-refractivity contribution is 5.75. The van der Waals surface area contributed by atoms with E-state index in [1.807, 2.05) is 12.1 Å². The molecule has 2 heteroatoms. The van der Waals surface area contributed by atoms with Gasteiger partial charge in [-0.25, -0.2) is 0 Å². The lowest BCUT2D eigenvalue weighted by Crippen LogP contribution is -2.35. The Bertz CT molecular complexity index is 605. The van der Waals surface area contributed by atoms with Gasteiger partial charge in [0, 0.05) is 0 Å².